The number of hydrogen-bond acceptors (Lipinski definition) is 5. The third-order valence-electron chi connectivity index (χ3n) is 6.27. The van der Waals surface area contributed by atoms with Gasteiger partial charge in [0.1, 0.15) is 5.75 Å². The molecule has 8 heteroatoms. The molecule has 0 atom stereocenters. The Labute approximate surface area is 185 Å². The Morgan fingerprint density at radius 3 is 2.53 bits per heavy atom. The van der Waals surface area contributed by atoms with Gasteiger partial charge in [0, 0.05) is 23.7 Å². The average molecular weight is 437 g/mol. The van der Waals surface area contributed by atoms with Gasteiger partial charge < -0.3 is 19.8 Å². The normalized spacial score (nSPS) is 18.3. The van der Waals surface area contributed by atoms with Gasteiger partial charge in [0.15, 0.2) is 0 Å². The van der Waals surface area contributed by atoms with E-state index in [0.717, 1.165) is 11.3 Å². The minimum Gasteiger partial charge on any atom is -0.496 e. The van der Waals surface area contributed by atoms with Crippen LogP contribution in [-0.4, -0.2) is 35.6 Å². The molecule has 0 saturated heterocycles. The summed E-state index contributed by atoms with van der Waals surface area (Å²) in [5.41, 5.74) is 2.96. The Morgan fingerprint density at radius 1 is 1.09 bits per heavy atom. The van der Waals surface area contributed by atoms with Crippen LogP contribution in [0.25, 0.3) is 11.0 Å². The first-order valence-electron chi connectivity index (χ1n) is 10.7. The smallest absolute Gasteiger partial charge is 0.340 e. The Morgan fingerprint density at radius 2 is 1.84 bits per heavy atom. The van der Waals surface area contributed by atoms with Crippen LogP contribution in [-0.2, 0) is 9.53 Å². The van der Waals surface area contributed by atoms with E-state index in [1.165, 1.54) is 7.11 Å². The van der Waals surface area contributed by atoms with Crippen molar-refractivity contribution in [3.8, 4) is 5.75 Å². The summed E-state index contributed by atoms with van der Waals surface area (Å²) in [4.78, 5) is 40.4. The second-order valence-corrected chi connectivity index (χ2v) is 8.17. The Balaban J connectivity index is 1.48. The van der Waals surface area contributed by atoms with Crippen LogP contribution in [0.2, 0.25) is 0 Å². The number of para-hydroxylation sites is 1. The maximum Gasteiger partial charge on any atom is 0.340 e. The van der Waals surface area contributed by atoms with E-state index in [0.29, 0.717) is 48.0 Å². The van der Waals surface area contributed by atoms with Gasteiger partial charge >= 0.3 is 11.7 Å². The molecule has 1 fully saturated rings. The molecule has 0 unspecified atom stereocenters. The summed E-state index contributed by atoms with van der Waals surface area (Å²) in [6, 6.07) is 10.8. The number of anilines is 1. The summed E-state index contributed by atoms with van der Waals surface area (Å²) in [5.74, 6) is 0.104. The van der Waals surface area contributed by atoms with Gasteiger partial charge in [0.05, 0.1) is 30.8 Å². The highest BCUT2D eigenvalue weighted by Gasteiger charge is 2.29. The van der Waals surface area contributed by atoms with Gasteiger partial charge in [-0.3, -0.25) is 9.36 Å². The summed E-state index contributed by atoms with van der Waals surface area (Å²) < 4.78 is 11.9. The summed E-state index contributed by atoms with van der Waals surface area (Å²) >= 11 is 0. The predicted molar refractivity (Wildman–Crippen MR) is 121 cm³/mol. The van der Waals surface area contributed by atoms with Gasteiger partial charge in [-0.15, -0.1) is 0 Å². The molecule has 1 aliphatic carbocycles. The van der Waals surface area contributed by atoms with Gasteiger partial charge in [-0.25, -0.2) is 9.59 Å². The van der Waals surface area contributed by atoms with Crippen LogP contribution >= 0.6 is 0 Å². The molecule has 0 aliphatic heterocycles. The van der Waals surface area contributed by atoms with E-state index in [1.54, 1.807) is 23.8 Å². The van der Waals surface area contributed by atoms with E-state index in [2.05, 4.69) is 10.3 Å². The highest BCUT2D eigenvalue weighted by atomic mass is 16.5. The summed E-state index contributed by atoms with van der Waals surface area (Å²) in [5, 5.41) is 2.99. The lowest BCUT2D eigenvalue weighted by Gasteiger charge is -2.28. The topological polar surface area (TPSA) is 102 Å². The molecular formula is C24H27N3O5. The van der Waals surface area contributed by atoms with Gasteiger partial charge in [0.2, 0.25) is 5.91 Å². The van der Waals surface area contributed by atoms with Crippen molar-refractivity contribution < 1.29 is 19.1 Å². The maximum atomic E-state index is 12.8. The fraction of sp³-hybridized carbons (Fsp3) is 0.375. The highest BCUT2D eigenvalue weighted by molar-refractivity contribution is 6.02. The largest absolute Gasteiger partial charge is 0.496 e. The molecule has 0 radical (unpaired) electrons. The van der Waals surface area contributed by atoms with Crippen molar-refractivity contribution in [2.75, 3.05) is 19.5 Å². The first-order chi connectivity index (χ1) is 15.4. The number of carbonyl (C=O) groups excluding carboxylic acids is 2. The molecule has 32 heavy (non-hydrogen) atoms. The molecular weight excluding hydrogens is 410 g/mol. The highest BCUT2D eigenvalue weighted by Crippen LogP contribution is 2.34. The number of imidazole rings is 1. The van der Waals surface area contributed by atoms with Crippen molar-refractivity contribution in [1.29, 1.82) is 0 Å². The van der Waals surface area contributed by atoms with Crippen LogP contribution in [0.4, 0.5) is 5.69 Å². The van der Waals surface area contributed by atoms with Gasteiger partial charge in [-0.05, 0) is 56.4 Å². The molecule has 2 N–H and O–H groups in total. The van der Waals surface area contributed by atoms with Crippen LogP contribution < -0.4 is 15.7 Å². The molecule has 1 heterocycles. The molecule has 1 aliphatic rings. The first-order valence-corrected chi connectivity index (χ1v) is 10.7. The van der Waals surface area contributed by atoms with Crippen LogP contribution in [0.3, 0.4) is 0 Å². The molecule has 4 rings (SSSR count). The fourth-order valence-electron chi connectivity index (χ4n) is 4.53. The molecule has 3 aromatic rings. The van der Waals surface area contributed by atoms with Crippen LogP contribution in [0.1, 0.15) is 47.6 Å². The number of nitrogens with zero attached hydrogens (tertiary/aromatic N) is 1. The number of ether oxygens (including phenoxy) is 2. The quantitative estimate of drug-likeness (QED) is 0.591. The number of esters is 1. The van der Waals surface area contributed by atoms with Crippen molar-refractivity contribution in [1.82, 2.24) is 9.55 Å². The van der Waals surface area contributed by atoms with Crippen molar-refractivity contribution in [2.45, 2.75) is 38.6 Å². The average Bonchev–Trinajstić information content (AvgIpc) is 3.15. The lowest BCUT2D eigenvalue weighted by molar-refractivity contribution is -0.121. The van der Waals surface area contributed by atoms with Crippen LogP contribution in [0, 0.1) is 12.8 Å². The Hall–Kier alpha value is -3.55. The molecule has 2 aromatic carbocycles. The summed E-state index contributed by atoms with van der Waals surface area (Å²) in [7, 11) is 2.92. The summed E-state index contributed by atoms with van der Waals surface area (Å²) in [6.45, 7) is 1.95. The number of aromatic amines is 1. The molecule has 0 bridgehead atoms. The molecule has 0 spiro atoms. The van der Waals surface area contributed by atoms with E-state index in [4.69, 9.17) is 9.47 Å². The van der Waals surface area contributed by atoms with Gasteiger partial charge in [0.25, 0.3) is 0 Å². The minimum atomic E-state index is -0.489. The number of amides is 1. The molecule has 1 saturated carbocycles. The predicted octanol–water partition coefficient (Wildman–Crippen LogP) is 3.80. The zero-order valence-electron chi connectivity index (χ0n) is 18.4. The molecule has 1 aromatic heterocycles. The maximum absolute atomic E-state index is 12.8. The number of aromatic nitrogens is 2. The van der Waals surface area contributed by atoms with E-state index < -0.39 is 5.97 Å². The van der Waals surface area contributed by atoms with Crippen molar-refractivity contribution in [3.05, 3.63) is 58.0 Å². The summed E-state index contributed by atoms with van der Waals surface area (Å²) in [6.07, 6.45) is 2.75. The second kappa shape index (κ2) is 8.90. The SMILES string of the molecule is COC(=O)c1cccc2c1[nH]c(=O)n2C1CCC(C(=O)Nc2ccc(C)c(OC)c2)CC1. The number of carbonyl (C=O) groups is 2. The number of methoxy groups -OCH3 is 2. The van der Waals surface area contributed by atoms with Crippen molar-refractivity contribution >= 4 is 28.6 Å². The van der Waals surface area contributed by atoms with E-state index in [9.17, 15) is 14.4 Å². The number of rotatable bonds is 5. The van der Waals surface area contributed by atoms with E-state index in [-0.39, 0.29) is 23.6 Å². The van der Waals surface area contributed by atoms with E-state index >= 15 is 0 Å². The zero-order valence-corrected chi connectivity index (χ0v) is 18.4. The minimum absolute atomic E-state index is 0.0198. The van der Waals surface area contributed by atoms with Crippen LogP contribution in [0.5, 0.6) is 5.75 Å². The fourth-order valence-corrected chi connectivity index (χ4v) is 4.53. The third kappa shape index (κ3) is 4.00. The van der Waals surface area contributed by atoms with E-state index in [1.807, 2.05) is 31.2 Å². The number of H-pyrrole nitrogens is 1. The van der Waals surface area contributed by atoms with Gasteiger partial charge in [-0.2, -0.15) is 0 Å². The molecule has 1 amide bonds. The van der Waals surface area contributed by atoms with Crippen molar-refractivity contribution in [2.24, 2.45) is 5.92 Å². The molecule has 8 nitrogen and oxygen atoms in total. The second-order valence-electron chi connectivity index (χ2n) is 8.17. The van der Waals surface area contributed by atoms with Gasteiger partial charge in [-0.1, -0.05) is 12.1 Å². The van der Waals surface area contributed by atoms with Crippen LogP contribution in [0.15, 0.2) is 41.2 Å². The Bertz CT molecular complexity index is 1220. The number of fused-ring (bicyclic) bond motifs is 1. The third-order valence-corrected chi connectivity index (χ3v) is 6.27. The first kappa shape index (κ1) is 21.7. The molecule has 168 valence electrons. The number of nitrogens with one attached hydrogen (secondary N) is 2. The van der Waals surface area contributed by atoms with Crippen molar-refractivity contribution in [3.63, 3.8) is 0 Å². The Kier molecular flexibility index (Phi) is 6.03. The number of aryl methyl sites for hydroxylation is 1. The lowest BCUT2D eigenvalue weighted by Crippen LogP contribution is -2.31. The lowest BCUT2D eigenvalue weighted by atomic mass is 9.85. The standard InChI is InChI=1S/C24H27N3O5/c1-14-7-10-16(13-20(14)31-2)25-22(28)15-8-11-17(12-9-15)27-19-6-4-5-18(23(29)32-3)21(19)26-24(27)30/h4-7,10,13,15,17H,8-9,11-12H2,1-3H3,(H,25,28)(H,26,30). The number of hydrogen-bond donors (Lipinski definition) is 2. The zero-order chi connectivity index (χ0) is 22.8. The number of benzene rings is 2. The monoisotopic (exact) mass is 437 g/mol.